The first-order valence-electron chi connectivity index (χ1n) is 7.40. The molecule has 1 heterocycles. The molecule has 0 aromatic carbocycles. The number of aromatic nitrogens is 1. The van der Waals surface area contributed by atoms with Crippen LogP contribution in [0.3, 0.4) is 0 Å². The minimum absolute atomic E-state index is 0.118. The molecule has 20 heavy (non-hydrogen) atoms. The molecule has 0 unspecified atom stereocenters. The smallest absolute Gasteiger partial charge is 0.0925 e. The van der Waals surface area contributed by atoms with E-state index in [1.54, 1.807) is 12.4 Å². The molecule has 2 saturated carbocycles. The molecule has 3 rings (SSSR count). The van der Waals surface area contributed by atoms with Gasteiger partial charge in [0, 0.05) is 30.8 Å². The molecule has 4 heteroatoms. The highest BCUT2D eigenvalue weighted by Crippen LogP contribution is 2.61. The van der Waals surface area contributed by atoms with Crippen LogP contribution in [0.25, 0.3) is 0 Å². The van der Waals surface area contributed by atoms with Crippen LogP contribution < -0.4 is 0 Å². The molecule has 2 aliphatic carbocycles. The van der Waals surface area contributed by atoms with E-state index in [9.17, 15) is 15.3 Å². The lowest BCUT2D eigenvalue weighted by molar-refractivity contribution is -0.173. The minimum Gasteiger partial charge on any atom is -0.396 e. The third-order valence-corrected chi connectivity index (χ3v) is 5.95. The average Bonchev–Trinajstić information content (AvgIpc) is 2.71. The molecule has 0 radical (unpaired) electrons. The predicted octanol–water partition coefficient (Wildman–Crippen LogP) is 1.59. The van der Waals surface area contributed by atoms with E-state index in [0.29, 0.717) is 19.3 Å². The summed E-state index contributed by atoms with van der Waals surface area (Å²) in [6.07, 6.45) is 6.53. The summed E-state index contributed by atoms with van der Waals surface area (Å²) in [4.78, 5) is 3.99. The SMILES string of the molecule is C[C@]12CC[C@](O)(c3ccncc3)C[C@@]1(O)CC[C@@H]2CO. The Kier molecular flexibility index (Phi) is 3.16. The second-order valence-electron chi connectivity index (χ2n) is 6.81. The first-order chi connectivity index (χ1) is 9.44. The zero-order valence-electron chi connectivity index (χ0n) is 11.9. The molecule has 0 saturated heterocycles. The predicted molar refractivity (Wildman–Crippen MR) is 74.9 cm³/mol. The first kappa shape index (κ1) is 14.0. The number of rotatable bonds is 2. The van der Waals surface area contributed by atoms with Crippen LogP contribution in [0.5, 0.6) is 0 Å². The van der Waals surface area contributed by atoms with Gasteiger partial charge in [0.25, 0.3) is 0 Å². The Hall–Kier alpha value is -0.970. The van der Waals surface area contributed by atoms with Gasteiger partial charge >= 0.3 is 0 Å². The van der Waals surface area contributed by atoms with Gasteiger partial charge in [-0.1, -0.05) is 6.92 Å². The van der Waals surface area contributed by atoms with E-state index in [4.69, 9.17) is 0 Å². The van der Waals surface area contributed by atoms with Crippen molar-refractivity contribution in [3.05, 3.63) is 30.1 Å². The van der Waals surface area contributed by atoms with Crippen LogP contribution in [0.15, 0.2) is 24.5 Å². The van der Waals surface area contributed by atoms with Gasteiger partial charge in [-0.15, -0.1) is 0 Å². The normalized spacial score (nSPS) is 44.3. The Labute approximate surface area is 119 Å². The Balaban J connectivity index is 1.93. The number of hydrogen-bond donors (Lipinski definition) is 3. The molecule has 0 amide bonds. The zero-order chi connectivity index (χ0) is 14.4. The molecule has 1 aromatic heterocycles. The van der Waals surface area contributed by atoms with Crippen LogP contribution in [-0.4, -0.2) is 32.5 Å². The fourth-order valence-corrected chi connectivity index (χ4v) is 4.36. The van der Waals surface area contributed by atoms with E-state index in [1.165, 1.54) is 0 Å². The van der Waals surface area contributed by atoms with E-state index < -0.39 is 11.2 Å². The van der Waals surface area contributed by atoms with Gasteiger partial charge in [-0.3, -0.25) is 4.98 Å². The van der Waals surface area contributed by atoms with Crippen molar-refractivity contribution in [3.63, 3.8) is 0 Å². The molecule has 1 aromatic rings. The molecular weight excluding hydrogens is 254 g/mol. The van der Waals surface area contributed by atoms with Crippen LogP contribution >= 0.6 is 0 Å². The van der Waals surface area contributed by atoms with Gasteiger partial charge in [0.15, 0.2) is 0 Å². The molecule has 4 atom stereocenters. The molecule has 4 nitrogen and oxygen atoms in total. The van der Waals surface area contributed by atoms with Crippen molar-refractivity contribution < 1.29 is 15.3 Å². The topological polar surface area (TPSA) is 73.6 Å². The second-order valence-corrected chi connectivity index (χ2v) is 6.81. The van der Waals surface area contributed by atoms with E-state index in [1.807, 2.05) is 12.1 Å². The van der Waals surface area contributed by atoms with Gasteiger partial charge in [0.1, 0.15) is 0 Å². The summed E-state index contributed by atoms with van der Waals surface area (Å²) in [6, 6.07) is 3.65. The largest absolute Gasteiger partial charge is 0.396 e. The van der Waals surface area contributed by atoms with Crippen LogP contribution in [-0.2, 0) is 5.60 Å². The molecule has 110 valence electrons. The van der Waals surface area contributed by atoms with Gasteiger partial charge in [0.05, 0.1) is 11.2 Å². The Bertz CT molecular complexity index is 494. The van der Waals surface area contributed by atoms with E-state index >= 15 is 0 Å². The first-order valence-corrected chi connectivity index (χ1v) is 7.40. The molecule has 0 spiro atoms. The van der Waals surface area contributed by atoms with Crippen LogP contribution in [0, 0.1) is 11.3 Å². The number of nitrogens with zero attached hydrogens (tertiary/aromatic N) is 1. The van der Waals surface area contributed by atoms with Crippen molar-refractivity contribution in [1.82, 2.24) is 4.98 Å². The molecule has 0 aliphatic heterocycles. The lowest BCUT2D eigenvalue weighted by Crippen LogP contribution is -2.54. The standard InChI is InChI=1S/C16H23NO3/c1-14-6-7-15(19,12-3-8-17-9-4-12)11-16(14,20)5-2-13(14)10-18/h3-4,8-9,13,18-20H,2,5-7,10-11H2,1H3/t13-,14-,15-,16+/m1/s1. The molecule has 3 N–H and O–H groups in total. The van der Waals surface area contributed by atoms with Crippen molar-refractivity contribution in [2.45, 2.75) is 50.2 Å². The summed E-state index contributed by atoms with van der Waals surface area (Å²) in [6.45, 7) is 2.18. The fourth-order valence-electron chi connectivity index (χ4n) is 4.36. The third kappa shape index (κ3) is 1.82. The monoisotopic (exact) mass is 277 g/mol. The highest BCUT2D eigenvalue weighted by molar-refractivity contribution is 5.24. The highest BCUT2D eigenvalue weighted by Gasteiger charge is 2.61. The Morgan fingerprint density at radius 1 is 1.20 bits per heavy atom. The van der Waals surface area contributed by atoms with Crippen molar-refractivity contribution in [2.24, 2.45) is 11.3 Å². The zero-order valence-corrected chi connectivity index (χ0v) is 11.9. The minimum atomic E-state index is -0.985. The summed E-state index contributed by atoms with van der Waals surface area (Å²) < 4.78 is 0. The van der Waals surface area contributed by atoms with Crippen molar-refractivity contribution in [1.29, 1.82) is 0 Å². The summed E-state index contributed by atoms with van der Waals surface area (Å²) in [5.41, 5.74) is -1.34. The summed E-state index contributed by atoms with van der Waals surface area (Å²) in [7, 11) is 0. The maximum atomic E-state index is 11.1. The molecule has 0 bridgehead atoms. The summed E-state index contributed by atoms with van der Waals surface area (Å²) >= 11 is 0. The maximum absolute atomic E-state index is 11.1. The van der Waals surface area contributed by atoms with Crippen molar-refractivity contribution in [2.75, 3.05) is 6.61 Å². The number of aliphatic hydroxyl groups excluding tert-OH is 1. The van der Waals surface area contributed by atoms with Crippen LogP contribution in [0.2, 0.25) is 0 Å². The van der Waals surface area contributed by atoms with Crippen LogP contribution in [0.1, 0.15) is 44.6 Å². The number of aliphatic hydroxyl groups is 3. The summed E-state index contributed by atoms with van der Waals surface area (Å²) in [5.74, 6) is 0.134. The van der Waals surface area contributed by atoms with Gasteiger partial charge < -0.3 is 15.3 Å². The molecular formula is C16H23NO3. The van der Waals surface area contributed by atoms with Crippen molar-refractivity contribution in [3.8, 4) is 0 Å². The van der Waals surface area contributed by atoms with Gasteiger partial charge in [0.2, 0.25) is 0 Å². The summed E-state index contributed by atoms with van der Waals surface area (Å²) in [5, 5.41) is 31.6. The van der Waals surface area contributed by atoms with Gasteiger partial charge in [-0.05, 0) is 49.3 Å². The number of hydrogen-bond acceptors (Lipinski definition) is 4. The second kappa shape index (κ2) is 4.52. The highest BCUT2D eigenvalue weighted by atomic mass is 16.3. The van der Waals surface area contributed by atoms with Crippen LogP contribution in [0.4, 0.5) is 0 Å². The fraction of sp³-hybridized carbons (Fsp3) is 0.688. The van der Waals surface area contributed by atoms with E-state index in [-0.39, 0.29) is 17.9 Å². The van der Waals surface area contributed by atoms with E-state index in [0.717, 1.165) is 18.4 Å². The number of pyridine rings is 1. The Morgan fingerprint density at radius 3 is 2.55 bits per heavy atom. The van der Waals surface area contributed by atoms with Gasteiger partial charge in [-0.25, -0.2) is 0 Å². The molecule has 2 fully saturated rings. The van der Waals surface area contributed by atoms with Crippen molar-refractivity contribution >= 4 is 0 Å². The average molecular weight is 277 g/mol. The molecule has 2 aliphatic rings. The van der Waals surface area contributed by atoms with Gasteiger partial charge in [-0.2, -0.15) is 0 Å². The number of fused-ring (bicyclic) bond motifs is 1. The quantitative estimate of drug-likeness (QED) is 0.767. The van der Waals surface area contributed by atoms with E-state index in [2.05, 4.69) is 11.9 Å². The maximum Gasteiger partial charge on any atom is 0.0925 e. The third-order valence-electron chi connectivity index (χ3n) is 5.95. The lowest BCUT2D eigenvalue weighted by Gasteiger charge is -2.52. The lowest BCUT2D eigenvalue weighted by atomic mass is 9.58. The Morgan fingerprint density at radius 2 is 1.90 bits per heavy atom.